The second-order valence-corrected chi connectivity index (χ2v) is 7.54. The molecule has 0 unspecified atom stereocenters. The Bertz CT molecular complexity index is 939. The van der Waals surface area contributed by atoms with Crippen LogP contribution in [0.5, 0.6) is 11.5 Å². The van der Waals surface area contributed by atoms with E-state index in [1.54, 1.807) is 25.6 Å². The zero-order valence-electron chi connectivity index (χ0n) is 15.8. The molecule has 0 aliphatic heterocycles. The minimum absolute atomic E-state index is 0.558. The number of rotatable bonds is 6. The fourth-order valence-corrected chi connectivity index (χ4v) is 4.02. The van der Waals surface area contributed by atoms with Crippen molar-refractivity contribution >= 4 is 27.4 Å². The lowest BCUT2D eigenvalue weighted by atomic mass is 10.1. The highest BCUT2D eigenvalue weighted by Gasteiger charge is 2.14. The van der Waals surface area contributed by atoms with Gasteiger partial charge in [-0.1, -0.05) is 6.07 Å². The first-order valence-electron chi connectivity index (χ1n) is 8.34. The molecule has 1 aromatic carbocycles. The maximum atomic E-state index is 6.18. The van der Waals surface area contributed by atoms with Gasteiger partial charge in [-0.25, -0.2) is 9.97 Å². The van der Waals surface area contributed by atoms with E-state index in [1.807, 2.05) is 25.2 Å². The number of hydrogen-bond acceptors (Lipinski definition) is 7. The third-order valence-corrected chi connectivity index (χ3v) is 5.55. The number of nitrogens with zero attached hydrogens (tertiary/aromatic N) is 3. The van der Waals surface area contributed by atoms with E-state index in [-0.39, 0.29) is 0 Å². The smallest absolute Gasteiger partial charge is 0.146 e. The van der Waals surface area contributed by atoms with Crippen molar-refractivity contribution in [3.05, 3.63) is 40.0 Å². The zero-order chi connectivity index (χ0) is 18.8. The molecule has 0 amide bonds. The first kappa shape index (κ1) is 18.4. The van der Waals surface area contributed by atoms with Gasteiger partial charge in [-0.05, 0) is 32.5 Å². The van der Waals surface area contributed by atoms with E-state index in [4.69, 9.17) is 20.2 Å². The van der Waals surface area contributed by atoms with Crippen molar-refractivity contribution < 1.29 is 9.47 Å². The van der Waals surface area contributed by atoms with Gasteiger partial charge in [-0.2, -0.15) is 0 Å². The van der Waals surface area contributed by atoms with Gasteiger partial charge < -0.3 is 15.2 Å². The van der Waals surface area contributed by atoms with Gasteiger partial charge in [-0.3, -0.25) is 4.90 Å². The van der Waals surface area contributed by atoms with E-state index in [0.717, 1.165) is 33.1 Å². The molecular weight excluding hydrogens is 348 g/mol. The normalized spacial score (nSPS) is 11.3. The van der Waals surface area contributed by atoms with Gasteiger partial charge in [0.25, 0.3) is 0 Å². The Morgan fingerprint density at radius 3 is 2.58 bits per heavy atom. The molecule has 3 aromatic rings. The first-order valence-corrected chi connectivity index (χ1v) is 9.16. The molecule has 0 bridgehead atoms. The number of anilines is 1. The molecule has 0 radical (unpaired) electrons. The molecule has 0 saturated heterocycles. The largest absolute Gasteiger partial charge is 0.497 e. The van der Waals surface area contributed by atoms with E-state index in [1.165, 1.54) is 10.4 Å². The van der Waals surface area contributed by atoms with Gasteiger partial charge in [0.15, 0.2) is 0 Å². The van der Waals surface area contributed by atoms with Crippen molar-refractivity contribution in [2.45, 2.75) is 26.9 Å². The number of hydrogen-bond donors (Lipinski definition) is 1. The highest BCUT2D eigenvalue weighted by atomic mass is 32.1. The van der Waals surface area contributed by atoms with Crippen LogP contribution in [-0.2, 0) is 13.1 Å². The van der Waals surface area contributed by atoms with Crippen molar-refractivity contribution in [2.75, 3.05) is 27.0 Å². The van der Waals surface area contributed by atoms with Crippen LogP contribution in [0.4, 0.5) is 5.82 Å². The van der Waals surface area contributed by atoms with Gasteiger partial charge in [0.1, 0.15) is 28.0 Å². The lowest BCUT2D eigenvalue weighted by Gasteiger charge is -2.18. The Morgan fingerprint density at radius 1 is 1.12 bits per heavy atom. The molecule has 2 heterocycles. The molecular formula is C19H24N4O2S. The lowest BCUT2D eigenvalue weighted by molar-refractivity contribution is 0.302. The summed E-state index contributed by atoms with van der Waals surface area (Å²) < 4.78 is 10.7. The molecule has 26 heavy (non-hydrogen) atoms. The van der Waals surface area contributed by atoms with Crippen LogP contribution in [0.15, 0.2) is 18.2 Å². The van der Waals surface area contributed by atoms with Crippen LogP contribution in [0.2, 0.25) is 0 Å². The number of benzene rings is 1. The maximum Gasteiger partial charge on any atom is 0.146 e. The van der Waals surface area contributed by atoms with Gasteiger partial charge >= 0.3 is 0 Å². The van der Waals surface area contributed by atoms with Crippen LogP contribution in [-0.4, -0.2) is 36.1 Å². The van der Waals surface area contributed by atoms with Crippen LogP contribution in [0, 0.1) is 13.8 Å². The Balaban J connectivity index is 1.80. The van der Waals surface area contributed by atoms with Gasteiger partial charge in [0.05, 0.1) is 26.2 Å². The number of aromatic nitrogens is 2. The fraction of sp³-hybridized carbons (Fsp3) is 0.368. The minimum atomic E-state index is 0.558. The SMILES string of the molecule is COc1ccc(CN(C)Cc2nc(N)c3c(C)c(C)sc3n2)c(OC)c1. The summed E-state index contributed by atoms with van der Waals surface area (Å²) >= 11 is 1.66. The summed E-state index contributed by atoms with van der Waals surface area (Å²) in [6.07, 6.45) is 0. The number of nitrogens with two attached hydrogens (primary N) is 1. The fourth-order valence-electron chi connectivity index (χ4n) is 2.97. The Hall–Kier alpha value is -2.38. The average molecular weight is 372 g/mol. The Morgan fingerprint density at radius 2 is 1.88 bits per heavy atom. The molecule has 7 heteroatoms. The van der Waals surface area contributed by atoms with Crippen LogP contribution < -0.4 is 15.2 Å². The third-order valence-electron chi connectivity index (χ3n) is 4.45. The maximum absolute atomic E-state index is 6.18. The van der Waals surface area contributed by atoms with E-state index >= 15 is 0 Å². The van der Waals surface area contributed by atoms with Gasteiger partial charge in [0, 0.05) is 23.1 Å². The van der Waals surface area contributed by atoms with Gasteiger partial charge in [-0.15, -0.1) is 11.3 Å². The summed E-state index contributed by atoms with van der Waals surface area (Å²) in [4.78, 5) is 13.5. The quantitative estimate of drug-likeness (QED) is 0.713. The van der Waals surface area contributed by atoms with Crippen molar-refractivity contribution in [3.8, 4) is 11.5 Å². The van der Waals surface area contributed by atoms with Crippen LogP contribution in [0.1, 0.15) is 21.8 Å². The summed E-state index contributed by atoms with van der Waals surface area (Å²) in [5, 5.41) is 0.982. The predicted octanol–water partition coefficient (Wildman–Crippen LogP) is 3.54. The van der Waals surface area contributed by atoms with Crippen LogP contribution in [0.3, 0.4) is 0 Å². The third kappa shape index (κ3) is 3.59. The number of thiophene rings is 1. The Kier molecular flexibility index (Phi) is 5.29. The van der Waals surface area contributed by atoms with Crippen molar-refractivity contribution in [3.63, 3.8) is 0 Å². The summed E-state index contributed by atoms with van der Waals surface area (Å²) in [6, 6.07) is 5.84. The van der Waals surface area contributed by atoms with E-state index in [0.29, 0.717) is 18.9 Å². The second-order valence-electron chi connectivity index (χ2n) is 6.34. The van der Waals surface area contributed by atoms with Crippen molar-refractivity contribution in [2.24, 2.45) is 0 Å². The van der Waals surface area contributed by atoms with E-state index < -0.39 is 0 Å². The molecule has 0 atom stereocenters. The van der Waals surface area contributed by atoms with Crippen LogP contribution in [0.25, 0.3) is 10.2 Å². The molecule has 0 saturated carbocycles. The molecule has 3 rings (SSSR count). The number of methoxy groups -OCH3 is 2. The topological polar surface area (TPSA) is 73.5 Å². The minimum Gasteiger partial charge on any atom is -0.497 e. The number of aryl methyl sites for hydroxylation is 2. The second kappa shape index (κ2) is 7.47. The highest BCUT2D eigenvalue weighted by molar-refractivity contribution is 7.18. The molecule has 2 aromatic heterocycles. The standard InChI is InChI=1S/C19H24N4O2S/c1-11-12(2)26-19-17(11)18(20)21-16(22-19)10-23(3)9-13-6-7-14(24-4)8-15(13)25-5/h6-8H,9-10H2,1-5H3,(H2,20,21,22). The molecule has 0 spiro atoms. The molecule has 0 fully saturated rings. The first-order chi connectivity index (χ1) is 12.4. The predicted molar refractivity (Wildman–Crippen MR) is 106 cm³/mol. The van der Waals surface area contributed by atoms with E-state index in [2.05, 4.69) is 23.7 Å². The summed E-state index contributed by atoms with van der Waals surface area (Å²) in [5.41, 5.74) is 8.43. The average Bonchev–Trinajstić information content (AvgIpc) is 2.89. The monoisotopic (exact) mass is 372 g/mol. The molecule has 6 nitrogen and oxygen atoms in total. The molecule has 0 aliphatic carbocycles. The van der Waals surface area contributed by atoms with Gasteiger partial charge in [0.2, 0.25) is 0 Å². The zero-order valence-corrected chi connectivity index (χ0v) is 16.6. The summed E-state index contributed by atoms with van der Waals surface area (Å²) in [5.74, 6) is 2.86. The summed E-state index contributed by atoms with van der Waals surface area (Å²) in [6.45, 7) is 5.46. The molecule has 2 N–H and O–H groups in total. The molecule has 138 valence electrons. The Labute approximate surface area is 157 Å². The van der Waals surface area contributed by atoms with Crippen LogP contribution >= 0.6 is 11.3 Å². The number of fused-ring (bicyclic) bond motifs is 1. The number of ether oxygens (including phenoxy) is 2. The lowest BCUT2D eigenvalue weighted by Crippen LogP contribution is -2.19. The van der Waals surface area contributed by atoms with E-state index in [9.17, 15) is 0 Å². The highest BCUT2D eigenvalue weighted by Crippen LogP contribution is 2.32. The molecule has 0 aliphatic rings. The summed E-state index contributed by atoms with van der Waals surface area (Å²) in [7, 11) is 5.34. The van der Waals surface area contributed by atoms with Crippen molar-refractivity contribution in [1.29, 1.82) is 0 Å². The van der Waals surface area contributed by atoms with Crippen molar-refractivity contribution in [1.82, 2.24) is 14.9 Å². The number of nitrogen functional groups attached to an aromatic ring is 1.